The van der Waals surface area contributed by atoms with Crippen LogP contribution < -0.4 is 5.32 Å². The van der Waals surface area contributed by atoms with Crippen LogP contribution in [0.15, 0.2) is 24.3 Å². The first-order chi connectivity index (χ1) is 8.09. The van der Waals surface area contributed by atoms with Crippen LogP contribution in [0.3, 0.4) is 0 Å². The molecule has 1 aromatic rings. The third-order valence-corrected chi connectivity index (χ3v) is 5.24. The molecule has 0 saturated carbocycles. The van der Waals surface area contributed by atoms with Gasteiger partial charge in [-0.1, -0.05) is 23.7 Å². The summed E-state index contributed by atoms with van der Waals surface area (Å²) < 4.78 is 0.431. The molecule has 1 aliphatic rings. The molecule has 2 unspecified atom stereocenters. The molecule has 0 bridgehead atoms. The fourth-order valence-corrected chi connectivity index (χ4v) is 3.60. The molecule has 94 valence electrons. The summed E-state index contributed by atoms with van der Waals surface area (Å²) in [5.41, 5.74) is 1.31. The molecule has 17 heavy (non-hydrogen) atoms. The molecule has 0 radical (unpaired) electrons. The highest BCUT2D eigenvalue weighted by Crippen LogP contribution is 2.37. The Morgan fingerprint density at radius 3 is 2.71 bits per heavy atom. The van der Waals surface area contributed by atoms with Gasteiger partial charge in [-0.2, -0.15) is 11.8 Å². The molecule has 1 N–H and O–H groups in total. The van der Waals surface area contributed by atoms with Gasteiger partial charge in [0.2, 0.25) is 0 Å². The van der Waals surface area contributed by atoms with Crippen molar-refractivity contribution < 1.29 is 0 Å². The lowest BCUT2D eigenvalue weighted by Crippen LogP contribution is -2.34. The highest BCUT2D eigenvalue weighted by molar-refractivity contribution is 8.00. The predicted molar refractivity (Wildman–Crippen MR) is 78.0 cm³/mol. The molecule has 1 fully saturated rings. The molecule has 0 aliphatic carbocycles. The van der Waals surface area contributed by atoms with Gasteiger partial charge in [-0.3, -0.25) is 0 Å². The molecule has 1 saturated heterocycles. The van der Waals surface area contributed by atoms with E-state index >= 15 is 0 Å². The summed E-state index contributed by atoms with van der Waals surface area (Å²) in [6, 6.07) is 8.52. The lowest BCUT2D eigenvalue weighted by Gasteiger charge is -2.25. The first-order valence-electron chi connectivity index (χ1n) is 6.22. The predicted octanol–water partition coefficient (Wildman–Crippen LogP) is 4.28. The Hall–Kier alpha value is -0.180. The lowest BCUT2D eigenvalue weighted by molar-refractivity contribution is 0.490. The van der Waals surface area contributed by atoms with Gasteiger partial charge in [0.1, 0.15) is 0 Å². The first kappa shape index (κ1) is 13.3. The normalized spacial score (nSPS) is 26.1. The standard InChI is InChI=1S/C14H20ClNS/c1-11(12-4-6-13(15)7-5-12)16-10-14(2)8-3-9-17-14/h4-7,11,16H,3,8-10H2,1-2H3. The van der Waals surface area contributed by atoms with Crippen molar-refractivity contribution in [1.29, 1.82) is 0 Å². The number of hydrogen-bond donors (Lipinski definition) is 1. The van der Waals surface area contributed by atoms with E-state index in [1.54, 1.807) is 0 Å². The highest BCUT2D eigenvalue weighted by Gasteiger charge is 2.29. The minimum Gasteiger partial charge on any atom is -0.309 e. The summed E-state index contributed by atoms with van der Waals surface area (Å²) in [5.74, 6) is 1.31. The quantitative estimate of drug-likeness (QED) is 0.876. The van der Waals surface area contributed by atoms with Gasteiger partial charge in [0.05, 0.1) is 0 Å². The largest absolute Gasteiger partial charge is 0.309 e. The van der Waals surface area contributed by atoms with Gasteiger partial charge in [-0.25, -0.2) is 0 Å². The molecule has 3 heteroatoms. The minimum absolute atomic E-state index is 0.394. The zero-order chi connectivity index (χ0) is 12.3. The van der Waals surface area contributed by atoms with Crippen LogP contribution in [0.1, 0.15) is 38.3 Å². The van der Waals surface area contributed by atoms with E-state index in [1.165, 1.54) is 24.2 Å². The Bertz CT molecular complexity index is 357. The van der Waals surface area contributed by atoms with Crippen molar-refractivity contribution in [2.24, 2.45) is 0 Å². The van der Waals surface area contributed by atoms with Crippen LogP contribution >= 0.6 is 23.4 Å². The fraction of sp³-hybridized carbons (Fsp3) is 0.571. The second-order valence-corrected chi connectivity index (χ2v) is 7.18. The van der Waals surface area contributed by atoms with Crippen LogP contribution in [-0.2, 0) is 0 Å². The average Bonchev–Trinajstić information content (AvgIpc) is 2.75. The molecule has 1 heterocycles. The molecular weight excluding hydrogens is 250 g/mol. The second kappa shape index (κ2) is 5.64. The van der Waals surface area contributed by atoms with Gasteiger partial charge >= 0.3 is 0 Å². The number of benzene rings is 1. The van der Waals surface area contributed by atoms with Crippen molar-refractivity contribution >= 4 is 23.4 Å². The van der Waals surface area contributed by atoms with Crippen LogP contribution in [0, 0.1) is 0 Å². The van der Waals surface area contributed by atoms with Crippen LogP contribution in [0.2, 0.25) is 5.02 Å². The van der Waals surface area contributed by atoms with E-state index in [9.17, 15) is 0 Å². The molecule has 1 aliphatic heterocycles. The first-order valence-corrected chi connectivity index (χ1v) is 7.58. The van der Waals surface area contributed by atoms with Crippen molar-refractivity contribution in [3.05, 3.63) is 34.9 Å². The van der Waals surface area contributed by atoms with Crippen molar-refractivity contribution in [2.75, 3.05) is 12.3 Å². The fourth-order valence-electron chi connectivity index (χ4n) is 2.21. The Morgan fingerprint density at radius 1 is 1.41 bits per heavy atom. The third-order valence-electron chi connectivity index (χ3n) is 3.45. The van der Waals surface area contributed by atoms with Crippen molar-refractivity contribution in [3.63, 3.8) is 0 Å². The van der Waals surface area contributed by atoms with Gasteiger partial charge in [0.25, 0.3) is 0 Å². The molecule has 2 atom stereocenters. The zero-order valence-electron chi connectivity index (χ0n) is 10.5. The summed E-state index contributed by atoms with van der Waals surface area (Å²) in [7, 11) is 0. The molecule has 0 spiro atoms. The second-order valence-electron chi connectivity index (χ2n) is 5.06. The monoisotopic (exact) mass is 269 g/mol. The van der Waals surface area contributed by atoms with Crippen LogP contribution in [-0.4, -0.2) is 17.0 Å². The van der Waals surface area contributed by atoms with Gasteiger partial charge in [-0.15, -0.1) is 0 Å². The summed E-state index contributed by atoms with van der Waals surface area (Å²) in [4.78, 5) is 0. The van der Waals surface area contributed by atoms with Crippen LogP contribution in [0.4, 0.5) is 0 Å². The van der Waals surface area contributed by atoms with E-state index in [1.807, 2.05) is 12.1 Å². The van der Waals surface area contributed by atoms with Gasteiger partial charge in [0, 0.05) is 22.4 Å². The third kappa shape index (κ3) is 3.64. The summed E-state index contributed by atoms with van der Waals surface area (Å²) in [6.45, 7) is 5.67. The number of hydrogen-bond acceptors (Lipinski definition) is 2. The smallest absolute Gasteiger partial charge is 0.0406 e. The van der Waals surface area contributed by atoms with E-state index < -0.39 is 0 Å². The SMILES string of the molecule is CC(NCC1(C)CCCS1)c1ccc(Cl)cc1. The number of nitrogens with one attached hydrogen (secondary N) is 1. The van der Waals surface area contributed by atoms with Gasteiger partial charge < -0.3 is 5.32 Å². The topological polar surface area (TPSA) is 12.0 Å². The summed E-state index contributed by atoms with van der Waals surface area (Å²) in [5, 5.41) is 4.44. The minimum atomic E-state index is 0.394. The van der Waals surface area contributed by atoms with E-state index in [0.717, 1.165) is 11.6 Å². The summed E-state index contributed by atoms with van der Waals surface area (Å²) >= 11 is 8.00. The number of thioether (sulfide) groups is 1. The maximum atomic E-state index is 5.90. The molecule has 1 aromatic carbocycles. The Balaban J connectivity index is 1.88. The molecule has 0 aromatic heterocycles. The molecule has 0 amide bonds. The molecule has 2 rings (SSSR count). The Morgan fingerprint density at radius 2 is 2.12 bits per heavy atom. The summed E-state index contributed by atoms with van der Waals surface area (Å²) in [6.07, 6.45) is 2.69. The highest BCUT2D eigenvalue weighted by atomic mass is 35.5. The molecular formula is C14H20ClNS. The lowest BCUT2D eigenvalue weighted by atomic mass is 10.0. The maximum Gasteiger partial charge on any atom is 0.0406 e. The van der Waals surface area contributed by atoms with Gasteiger partial charge in [-0.05, 0) is 50.1 Å². The zero-order valence-corrected chi connectivity index (χ0v) is 12.1. The van der Waals surface area contributed by atoms with E-state index in [0.29, 0.717) is 10.8 Å². The number of rotatable bonds is 4. The van der Waals surface area contributed by atoms with E-state index in [-0.39, 0.29) is 0 Å². The van der Waals surface area contributed by atoms with Crippen molar-refractivity contribution in [3.8, 4) is 0 Å². The maximum absolute atomic E-state index is 5.90. The van der Waals surface area contributed by atoms with Crippen LogP contribution in [0.25, 0.3) is 0 Å². The molecule has 1 nitrogen and oxygen atoms in total. The van der Waals surface area contributed by atoms with Crippen molar-refractivity contribution in [1.82, 2.24) is 5.32 Å². The van der Waals surface area contributed by atoms with Crippen molar-refractivity contribution in [2.45, 2.75) is 37.5 Å². The van der Waals surface area contributed by atoms with Gasteiger partial charge in [0.15, 0.2) is 0 Å². The number of halogens is 1. The Kier molecular flexibility index (Phi) is 4.40. The Labute approximate surface area is 113 Å². The van der Waals surface area contributed by atoms with E-state index in [4.69, 9.17) is 11.6 Å². The van der Waals surface area contributed by atoms with Crippen LogP contribution in [0.5, 0.6) is 0 Å². The van der Waals surface area contributed by atoms with E-state index in [2.05, 4.69) is 43.1 Å². The average molecular weight is 270 g/mol.